The van der Waals surface area contributed by atoms with E-state index in [1.807, 2.05) is 62.6 Å². The molecule has 0 bridgehead atoms. The number of aromatic nitrogens is 3. The summed E-state index contributed by atoms with van der Waals surface area (Å²) in [6, 6.07) is 18.0. The van der Waals surface area contributed by atoms with Crippen molar-refractivity contribution in [1.29, 1.82) is 5.26 Å². The Bertz CT molecular complexity index is 1490. The minimum Gasteiger partial charge on any atom is -0.472 e. The summed E-state index contributed by atoms with van der Waals surface area (Å²) in [6.07, 6.45) is 5.47. The Morgan fingerprint density at radius 3 is 2.69 bits per heavy atom. The second-order valence-corrected chi connectivity index (χ2v) is 8.91. The Hall–Kier alpha value is -4.44. The molecule has 7 heteroatoms. The van der Waals surface area contributed by atoms with Gasteiger partial charge in [0, 0.05) is 49.3 Å². The largest absolute Gasteiger partial charge is 0.472 e. The number of hydrogen-bond acceptors (Lipinski definition) is 5. The van der Waals surface area contributed by atoms with Gasteiger partial charge in [0.1, 0.15) is 6.61 Å². The van der Waals surface area contributed by atoms with Crippen LogP contribution in [0.3, 0.4) is 0 Å². The highest BCUT2D eigenvalue weighted by atomic mass is 16.5. The maximum absolute atomic E-state index is 11.8. The van der Waals surface area contributed by atoms with Crippen LogP contribution in [0.15, 0.2) is 66.9 Å². The number of aryl methyl sites for hydroxylation is 2. The van der Waals surface area contributed by atoms with Crippen LogP contribution in [0.25, 0.3) is 22.2 Å². The summed E-state index contributed by atoms with van der Waals surface area (Å²) in [4.78, 5) is 18.3. The highest BCUT2D eigenvalue weighted by molar-refractivity contribution is 5.88. The fourth-order valence-corrected chi connectivity index (χ4v) is 4.38. The predicted molar refractivity (Wildman–Crippen MR) is 134 cm³/mol. The number of rotatable bonds is 5. The second kappa shape index (κ2) is 9.07. The molecule has 2 aromatic carbocycles. The van der Waals surface area contributed by atoms with E-state index in [2.05, 4.69) is 17.2 Å². The number of hydrogen-bond donors (Lipinski definition) is 0. The van der Waals surface area contributed by atoms with Crippen LogP contribution >= 0.6 is 0 Å². The number of fused-ring (bicyclic) bond motifs is 1. The van der Waals surface area contributed by atoms with Gasteiger partial charge in [-0.3, -0.25) is 9.48 Å². The molecule has 0 saturated heterocycles. The Morgan fingerprint density at radius 2 is 1.94 bits per heavy atom. The van der Waals surface area contributed by atoms with Gasteiger partial charge in [0.25, 0.3) is 0 Å². The molecule has 0 N–H and O–H groups in total. The first kappa shape index (κ1) is 22.4. The number of ether oxygens (including phenoxy) is 1. The van der Waals surface area contributed by atoms with E-state index in [0.29, 0.717) is 24.6 Å². The molecule has 7 nitrogen and oxygen atoms in total. The molecule has 1 aliphatic heterocycles. The lowest BCUT2D eigenvalue weighted by Crippen LogP contribution is -2.32. The third-order valence-corrected chi connectivity index (χ3v) is 6.28. The van der Waals surface area contributed by atoms with Crippen LogP contribution < -0.4 is 4.74 Å². The van der Waals surface area contributed by atoms with Gasteiger partial charge < -0.3 is 9.64 Å². The van der Waals surface area contributed by atoms with Crippen molar-refractivity contribution < 1.29 is 9.53 Å². The summed E-state index contributed by atoms with van der Waals surface area (Å²) in [6.45, 7) is 3.02. The van der Waals surface area contributed by atoms with Crippen LogP contribution in [-0.4, -0.2) is 39.2 Å². The molecule has 1 amide bonds. The van der Waals surface area contributed by atoms with E-state index in [4.69, 9.17) is 15.0 Å². The number of likely N-dealkylation sites (N-methyl/N-ethyl adjacent to an activating group) is 1. The molecule has 1 unspecified atom stereocenters. The lowest BCUT2D eigenvalue weighted by atomic mass is 9.98. The van der Waals surface area contributed by atoms with Gasteiger partial charge in [-0.2, -0.15) is 5.26 Å². The van der Waals surface area contributed by atoms with Gasteiger partial charge in [0.2, 0.25) is 11.8 Å². The summed E-state index contributed by atoms with van der Waals surface area (Å²) in [7, 11) is 3.67. The van der Waals surface area contributed by atoms with E-state index >= 15 is 0 Å². The van der Waals surface area contributed by atoms with Crippen molar-refractivity contribution in [3.63, 3.8) is 0 Å². The molecule has 0 aliphatic carbocycles. The van der Waals surface area contributed by atoms with E-state index < -0.39 is 0 Å². The quantitative estimate of drug-likeness (QED) is 0.435. The maximum Gasteiger partial charge on any atom is 0.246 e. The molecule has 5 rings (SSSR count). The molecule has 4 aromatic rings. The topological polar surface area (TPSA) is 84.0 Å². The zero-order chi connectivity index (χ0) is 24.5. The highest BCUT2D eigenvalue weighted by Gasteiger charge is 2.24. The summed E-state index contributed by atoms with van der Waals surface area (Å²) in [5.41, 5.74) is 6.49. The molecule has 0 fully saturated rings. The zero-order valence-corrected chi connectivity index (χ0v) is 19.9. The summed E-state index contributed by atoms with van der Waals surface area (Å²) >= 11 is 0. The zero-order valence-electron chi connectivity index (χ0n) is 19.9. The molecule has 1 atom stereocenters. The third-order valence-electron chi connectivity index (χ3n) is 6.28. The van der Waals surface area contributed by atoms with Gasteiger partial charge in [-0.25, -0.2) is 4.98 Å². The van der Waals surface area contributed by atoms with Crippen LogP contribution in [0.1, 0.15) is 28.2 Å². The van der Waals surface area contributed by atoms with Crippen molar-refractivity contribution in [3.05, 3.63) is 89.1 Å². The summed E-state index contributed by atoms with van der Waals surface area (Å²) in [5.74, 6) is 0.642. The molecule has 0 spiro atoms. The van der Waals surface area contributed by atoms with Crippen molar-refractivity contribution >= 4 is 16.8 Å². The number of benzene rings is 2. The van der Waals surface area contributed by atoms with Gasteiger partial charge in [0.05, 0.1) is 22.8 Å². The lowest BCUT2D eigenvalue weighted by molar-refractivity contribution is -0.125. The molecule has 3 heterocycles. The molecule has 0 radical (unpaired) electrons. The predicted octanol–water partition coefficient (Wildman–Crippen LogP) is 4.51. The Labute approximate surface area is 203 Å². The van der Waals surface area contributed by atoms with Crippen LogP contribution in [0.2, 0.25) is 0 Å². The van der Waals surface area contributed by atoms with Gasteiger partial charge in [-0.15, -0.1) is 5.10 Å². The van der Waals surface area contributed by atoms with E-state index in [1.54, 1.807) is 28.8 Å². The molecular weight excluding hydrogens is 438 g/mol. The van der Waals surface area contributed by atoms with Gasteiger partial charge in [-0.1, -0.05) is 30.3 Å². The standard InChI is InChI=1S/C28H25N5O2/c1-18-12-23-13-20(14-29)6-10-25(23)30-27(18)21-7-4-19(5-8-21)17-35-28-24(16-33(3)31-28)22-9-11-26(34)32(2)15-22/h4-13,16,22H,15,17H2,1-3H3. The first-order valence-corrected chi connectivity index (χ1v) is 11.4. The monoisotopic (exact) mass is 463 g/mol. The number of carbonyl (C=O) groups excluding carboxylic acids is 1. The molecular formula is C28H25N5O2. The Balaban J connectivity index is 1.33. The van der Waals surface area contributed by atoms with Gasteiger partial charge in [-0.05, 0) is 48.4 Å². The normalized spacial score (nSPS) is 15.4. The molecule has 35 heavy (non-hydrogen) atoms. The number of carbonyl (C=O) groups is 1. The Morgan fingerprint density at radius 1 is 1.14 bits per heavy atom. The minimum atomic E-state index is 0.00996. The van der Waals surface area contributed by atoms with E-state index in [0.717, 1.165) is 38.9 Å². The van der Waals surface area contributed by atoms with Crippen molar-refractivity contribution in [2.45, 2.75) is 19.4 Å². The SMILES string of the molecule is Cc1cc2cc(C#N)ccc2nc1-c1ccc(COc2nn(C)cc2C2C=CC(=O)N(C)C2)cc1. The Kier molecular flexibility index (Phi) is 5.79. The van der Waals surface area contributed by atoms with Gasteiger partial charge in [0.15, 0.2) is 0 Å². The number of pyridine rings is 1. The number of amides is 1. The summed E-state index contributed by atoms with van der Waals surface area (Å²) < 4.78 is 7.84. The van der Waals surface area contributed by atoms with Gasteiger partial charge >= 0.3 is 0 Å². The third kappa shape index (κ3) is 4.51. The average Bonchev–Trinajstić information content (AvgIpc) is 3.24. The van der Waals surface area contributed by atoms with Crippen LogP contribution in [0, 0.1) is 18.3 Å². The van der Waals surface area contributed by atoms with Crippen LogP contribution in [-0.2, 0) is 18.4 Å². The number of nitriles is 1. The fourth-order valence-electron chi connectivity index (χ4n) is 4.38. The second-order valence-electron chi connectivity index (χ2n) is 8.91. The first-order valence-electron chi connectivity index (χ1n) is 11.4. The van der Waals surface area contributed by atoms with Crippen molar-refractivity contribution in [1.82, 2.24) is 19.7 Å². The molecule has 1 aliphatic rings. The molecule has 2 aromatic heterocycles. The smallest absolute Gasteiger partial charge is 0.246 e. The van der Waals surface area contributed by atoms with Crippen LogP contribution in [0.5, 0.6) is 5.88 Å². The van der Waals surface area contributed by atoms with E-state index in [-0.39, 0.29) is 11.8 Å². The molecule has 174 valence electrons. The van der Waals surface area contributed by atoms with Crippen molar-refractivity contribution in [3.8, 4) is 23.2 Å². The minimum absolute atomic E-state index is 0.00996. The maximum atomic E-state index is 11.8. The van der Waals surface area contributed by atoms with Crippen molar-refractivity contribution in [2.75, 3.05) is 13.6 Å². The highest BCUT2D eigenvalue weighted by Crippen LogP contribution is 2.30. The summed E-state index contributed by atoms with van der Waals surface area (Å²) in [5, 5.41) is 14.6. The average molecular weight is 464 g/mol. The van der Waals surface area contributed by atoms with E-state index in [1.165, 1.54) is 0 Å². The fraction of sp³-hybridized carbons (Fsp3) is 0.214. The number of nitrogens with zero attached hydrogens (tertiary/aromatic N) is 5. The first-order chi connectivity index (χ1) is 16.9. The molecule has 0 saturated carbocycles. The lowest BCUT2D eigenvalue weighted by Gasteiger charge is -2.24. The van der Waals surface area contributed by atoms with Crippen LogP contribution in [0.4, 0.5) is 0 Å². The van der Waals surface area contributed by atoms with Crippen molar-refractivity contribution in [2.24, 2.45) is 7.05 Å². The van der Waals surface area contributed by atoms with E-state index in [9.17, 15) is 4.79 Å².